The van der Waals surface area contributed by atoms with Crippen molar-refractivity contribution in [2.75, 3.05) is 13.7 Å². The van der Waals surface area contributed by atoms with Crippen molar-refractivity contribution in [3.05, 3.63) is 83.7 Å². The van der Waals surface area contributed by atoms with E-state index >= 15 is 0 Å². The topological polar surface area (TPSA) is 146 Å². The summed E-state index contributed by atoms with van der Waals surface area (Å²) >= 11 is 0. The number of ketones is 1. The molecule has 8 atom stereocenters. The van der Waals surface area contributed by atoms with Crippen molar-refractivity contribution in [1.82, 2.24) is 9.97 Å². The molecule has 1 aliphatic carbocycles. The Morgan fingerprint density at radius 1 is 0.803 bits per heavy atom. The molecule has 2 fully saturated rings. The predicted octanol–water partition coefficient (Wildman–Crippen LogP) is 11.2. The van der Waals surface area contributed by atoms with Crippen LogP contribution in [0.5, 0.6) is 0 Å². The van der Waals surface area contributed by atoms with Gasteiger partial charge in [0.15, 0.2) is 5.78 Å². The smallest absolute Gasteiger partial charge is 0.681 e. The van der Waals surface area contributed by atoms with Crippen molar-refractivity contribution in [2.24, 2.45) is 47.3 Å². The minimum atomic E-state index is -1.10. The summed E-state index contributed by atoms with van der Waals surface area (Å²) in [5.74, 6) is -0.112. The van der Waals surface area contributed by atoms with Crippen molar-refractivity contribution in [2.45, 2.75) is 159 Å². The molecule has 5 heterocycles. The second-order valence-corrected chi connectivity index (χ2v) is 20.4. The van der Waals surface area contributed by atoms with Crippen LogP contribution in [0, 0.1) is 61.2 Å². The molecule has 356 valence electrons. The molecular formula is C55H76MgN4O6-2. The number of rotatable bonds is 20. The molecule has 4 aliphatic rings. The first-order valence-electron chi connectivity index (χ1n) is 24.7. The van der Waals surface area contributed by atoms with E-state index in [4.69, 9.17) is 30.1 Å². The monoisotopic (exact) mass is 913 g/mol. The maximum atomic E-state index is 13.6. The zero-order valence-corrected chi connectivity index (χ0v) is 43.6. The van der Waals surface area contributed by atoms with Crippen LogP contribution in [0.1, 0.15) is 178 Å². The van der Waals surface area contributed by atoms with Crippen LogP contribution >= 0.6 is 0 Å². The number of carbonyl (C=O) groups excluding carboxylic acids is 3. The second kappa shape index (κ2) is 23.4. The van der Waals surface area contributed by atoms with Crippen molar-refractivity contribution >= 4 is 70.3 Å². The number of hydrogen-bond donors (Lipinski definition) is 1. The van der Waals surface area contributed by atoms with Crippen molar-refractivity contribution in [3.8, 4) is 0 Å². The van der Waals surface area contributed by atoms with Gasteiger partial charge in [0.25, 0.3) is 0 Å². The fourth-order valence-corrected chi connectivity index (χ4v) is 10.9. The third kappa shape index (κ3) is 11.8. The number of fused-ring (bicyclic) bond motifs is 8. The van der Waals surface area contributed by atoms with Gasteiger partial charge in [-0.15, -0.1) is 22.4 Å². The average Bonchev–Trinajstić information content (AvgIpc) is 4.00. The quantitative estimate of drug-likeness (QED) is 0.0598. The van der Waals surface area contributed by atoms with E-state index in [1.54, 1.807) is 6.92 Å². The van der Waals surface area contributed by atoms with E-state index in [1.165, 1.54) is 57.6 Å². The van der Waals surface area contributed by atoms with Crippen LogP contribution in [0.3, 0.4) is 0 Å². The van der Waals surface area contributed by atoms with E-state index in [0.717, 1.165) is 59.3 Å². The summed E-state index contributed by atoms with van der Waals surface area (Å²) in [4.78, 5) is 50.5. The Bertz CT molecular complexity index is 2340. The Labute approximate surface area is 411 Å². The van der Waals surface area contributed by atoms with Crippen LogP contribution in [0.25, 0.3) is 40.2 Å². The van der Waals surface area contributed by atoms with Crippen LogP contribution in [0.4, 0.5) is 0 Å². The fraction of sp³-hybridized carbons (Fsp3) is 0.618. The molecule has 3 aliphatic heterocycles. The summed E-state index contributed by atoms with van der Waals surface area (Å²) in [7, 11) is 1.32. The summed E-state index contributed by atoms with van der Waals surface area (Å²) in [6.45, 7) is 23.5. The number of aromatic nitrogens is 2. The van der Waals surface area contributed by atoms with E-state index in [-0.39, 0.29) is 77.3 Å². The summed E-state index contributed by atoms with van der Waals surface area (Å²) < 4.78 is 11.1. The number of methoxy groups -OCH3 is 1. The Morgan fingerprint density at radius 3 is 2.06 bits per heavy atom. The first-order valence-corrected chi connectivity index (χ1v) is 24.7. The Balaban J connectivity index is 0.00000817. The maximum Gasteiger partial charge on any atom is 2.00 e. The molecule has 66 heavy (non-hydrogen) atoms. The van der Waals surface area contributed by atoms with Crippen LogP contribution in [-0.2, 0) is 19.1 Å². The zero-order valence-electron chi connectivity index (χ0n) is 42.2. The molecule has 8 bridgehead atoms. The summed E-state index contributed by atoms with van der Waals surface area (Å²) in [6, 6.07) is -0.616. The second-order valence-electron chi connectivity index (χ2n) is 20.4. The van der Waals surface area contributed by atoms with Gasteiger partial charge in [-0.3, -0.25) is 14.4 Å². The van der Waals surface area contributed by atoms with E-state index in [9.17, 15) is 19.5 Å². The number of hydrogen-bond acceptors (Lipinski definition) is 6. The molecule has 0 radical (unpaired) electrons. The van der Waals surface area contributed by atoms with Gasteiger partial charge in [0, 0.05) is 17.2 Å². The molecule has 0 unspecified atom stereocenters. The summed E-state index contributed by atoms with van der Waals surface area (Å²) in [5.41, 5.74) is 8.21. The van der Waals surface area contributed by atoms with Crippen LogP contribution in [0.2, 0.25) is 0 Å². The average molecular weight is 914 g/mol. The van der Waals surface area contributed by atoms with Crippen LogP contribution < -0.4 is 20.5 Å². The molecule has 2 aromatic heterocycles. The normalized spacial score (nSPS) is 25.5. The number of carbonyl (C=O) groups is 3. The SMILES string of the molecule is CC[C@H]1/C2=C/c3[n-]c4c(c3C)=C(O)[C@H](C(=O)OC)C=4[C@@H]3[N-]/C(=C/c4[n-]c(c(C(C)=O)c4C)/C=C(\[N-]2)[C@@H]1C)[C@@H](C)[C@@H]3CCC(=O)OC/C=C(\C)CCC[C@H](C)CCC[C@H](C)CCCC(C)C.[Mg+2]. The molecule has 0 amide bonds. The molecule has 11 heteroatoms. The largest absolute Gasteiger partial charge is 2.00 e. The number of nitrogens with zero attached hydrogens (tertiary/aromatic N) is 4. The molecule has 2 saturated heterocycles. The van der Waals surface area contributed by atoms with Gasteiger partial charge in [-0.1, -0.05) is 146 Å². The summed E-state index contributed by atoms with van der Waals surface area (Å²) in [5, 5.41) is 23.4. The number of aliphatic hydroxyl groups excluding tert-OH is 1. The molecule has 1 N–H and O–H groups in total. The maximum absolute atomic E-state index is 13.6. The van der Waals surface area contributed by atoms with Gasteiger partial charge in [-0.05, 0) is 94.5 Å². The van der Waals surface area contributed by atoms with Gasteiger partial charge in [0.05, 0.1) is 7.11 Å². The molecule has 6 rings (SSSR count). The first kappa shape index (κ1) is 53.0. The number of aliphatic hydroxyl groups is 1. The van der Waals surface area contributed by atoms with Crippen LogP contribution in [0.15, 0.2) is 28.7 Å². The third-order valence-electron chi connectivity index (χ3n) is 15.0. The third-order valence-corrected chi connectivity index (χ3v) is 15.0. The Hall–Kier alpha value is -3.96. The number of esters is 2. The van der Waals surface area contributed by atoms with Gasteiger partial charge in [-0.2, -0.15) is 17.1 Å². The number of allylic oxidation sites excluding steroid dienone is 4. The summed E-state index contributed by atoms with van der Waals surface area (Å²) in [6.07, 6.45) is 20.6. The number of Topliss-reactive ketones (excluding diaryl/α,β-unsaturated/α-hetero) is 1. The van der Waals surface area contributed by atoms with Gasteiger partial charge < -0.3 is 35.2 Å². The van der Waals surface area contributed by atoms with Gasteiger partial charge in [0.1, 0.15) is 18.3 Å². The van der Waals surface area contributed by atoms with Gasteiger partial charge in [0.2, 0.25) is 0 Å². The van der Waals surface area contributed by atoms with Crippen molar-refractivity contribution in [1.29, 1.82) is 0 Å². The molecule has 10 nitrogen and oxygen atoms in total. The van der Waals surface area contributed by atoms with Crippen LogP contribution in [-0.4, -0.2) is 65.6 Å². The molecular weight excluding hydrogens is 837 g/mol. The van der Waals surface area contributed by atoms with Crippen molar-refractivity contribution in [3.63, 3.8) is 0 Å². The number of ether oxygens (including phenoxy) is 2. The van der Waals surface area contributed by atoms with Gasteiger partial charge in [-0.25, -0.2) is 0 Å². The first-order chi connectivity index (χ1) is 30.9. The van der Waals surface area contributed by atoms with E-state index in [2.05, 4.69) is 55.4 Å². The van der Waals surface area contributed by atoms with Gasteiger partial charge >= 0.3 is 35.0 Å². The molecule has 0 aromatic carbocycles. The zero-order chi connectivity index (χ0) is 47.3. The van der Waals surface area contributed by atoms with E-state index < -0.39 is 17.9 Å². The molecule has 0 spiro atoms. The standard InChI is InChI=1S/C55H77N4O6.Mg/c1-13-39-34(7)41-29-46-48(38(11)60)36(9)43(57-46)27-42-35(8)40(52(58-42)50-51(55(63)64-12)54(62)49-37(10)44(59-53(49)50)28-45(39)56-41)23-24-47(61)65-26-25-33(6)22-16-21-32(5)20-15-19-31(4)18-14-17-30(2)3;/h25,27-32,34-35,39-40,51-52H,13-24,26H2,1-12H3,(H2-,56,57,60,62);/q-3;+2/p-1/b33-25+,42-27+,45-28-;/t31-,32-,34-,35+,39-,40+,51-,52-;/m1./s1. The molecule has 2 aromatic rings. The van der Waals surface area contributed by atoms with E-state index in [0.29, 0.717) is 51.1 Å². The minimum Gasteiger partial charge on any atom is -0.681 e. The minimum absolute atomic E-state index is 0. The van der Waals surface area contributed by atoms with E-state index in [1.807, 2.05) is 38.2 Å². The fourth-order valence-electron chi connectivity index (χ4n) is 10.9. The molecule has 0 saturated carbocycles. The Kier molecular flexibility index (Phi) is 18.8. The predicted molar refractivity (Wildman–Crippen MR) is 268 cm³/mol. The Morgan fingerprint density at radius 2 is 1.42 bits per heavy atom. The van der Waals surface area contributed by atoms with Crippen molar-refractivity contribution < 1.29 is 29.0 Å².